The summed E-state index contributed by atoms with van der Waals surface area (Å²) in [6, 6.07) is 10.6. The Bertz CT molecular complexity index is 964. The molecule has 2 amide bonds. The first-order valence-electron chi connectivity index (χ1n) is 9.21. The van der Waals surface area contributed by atoms with E-state index in [0.717, 1.165) is 6.07 Å². The predicted molar refractivity (Wildman–Crippen MR) is 111 cm³/mol. The van der Waals surface area contributed by atoms with Crippen LogP contribution >= 0.6 is 0 Å². The molecule has 164 valence electrons. The van der Waals surface area contributed by atoms with E-state index >= 15 is 0 Å². The molecule has 0 heterocycles. The molecule has 11 heteroatoms. The van der Waals surface area contributed by atoms with Gasteiger partial charge in [0, 0.05) is 11.6 Å². The summed E-state index contributed by atoms with van der Waals surface area (Å²) in [6.45, 7) is 1.85. The molecule has 2 aromatic rings. The van der Waals surface area contributed by atoms with Crippen LogP contribution in [0.2, 0.25) is 0 Å². The fourth-order valence-corrected chi connectivity index (χ4v) is 2.65. The maximum Gasteiger partial charge on any atom is 0.407 e. The molecule has 0 spiro atoms. The maximum atomic E-state index is 12.3. The van der Waals surface area contributed by atoms with Crippen molar-refractivity contribution in [1.82, 2.24) is 10.7 Å². The van der Waals surface area contributed by atoms with Crippen LogP contribution in [0.5, 0.6) is 11.5 Å². The van der Waals surface area contributed by atoms with Gasteiger partial charge in [-0.1, -0.05) is 30.3 Å². The molecule has 2 aromatic carbocycles. The molecule has 0 fully saturated rings. The van der Waals surface area contributed by atoms with Gasteiger partial charge in [-0.05, 0) is 18.6 Å². The number of nitrogens with zero attached hydrogens (tertiary/aromatic N) is 2. The number of hydrogen-bond acceptors (Lipinski definition) is 8. The van der Waals surface area contributed by atoms with Crippen LogP contribution in [0.4, 0.5) is 10.5 Å². The highest BCUT2D eigenvalue weighted by Gasteiger charge is 2.20. The number of carbonyl (C=O) groups is 2. The van der Waals surface area contributed by atoms with Gasteiger partial charge in [-0.2, -0.15) is 5.10 Å². The molecule has 0 aliphatic rings. The molecule has 0 saturated carbocycles. The van der Waals surface area contributed by atoms with Crippen molar-refractivity contribution in [2.45, 2.75) is 19.4 Å². The topological polar surface area (TPSA) is 152 Å². The molecule has 0 saturated heterocycles. The van der Waals surface area contributed by atoms with Gasteiger partial charge in [0.25, 0.3) is 0 Å². The van der Waals surface area contributed by atoms with Crippen molar-refractivity contribution in [3.8, 4) is 11.5 Å². The molecule has 31 heavy (non-hydrogen) atoms. The quantitative estimate of drug-likeness (QED) is 0.314. The molecule has 11 nitrogen and oxygen atoms in total. The van der Waals surface area contributed by atoms with Gasteiger partial charge in [0.15, 0.2) is 5.75 Å². The smallest absolute Gasteiger partial charge is 0.407 e. The molecule has 0 bridgehead atoms. The lowest BCUT2D eigenvalue weighted by Crippen LogP contribution is -2.33. The molecule has 3 N–H and O–H groups in total. The summed E-state index contributed by atoms with van der Waals surface area (Å²) >= 11 is 0. The zero-order valence-corrected chi connectivity index (χ0v) is 16.9. The lowest BCUT2D eigenvalue weighted by Gasteiger charge is -2.18. The van der Waals surface area contributed by atoms with Crippen LogP contribution in [0.25, 0.3) is 0 Å². The van der Waals surface area contributed by atoms with E-state index in [-0.39, 0.29) is 24.3 Å². The molecular weight excluding hydrogens is 408 g/mol. The Morgan fingerprint density at radius 1 is 1.29 bits per heavy atom. The number of nitro benzene ring substituents is 1. The minimum atomic E-state index is -0.765. The predicted octanol–water partition coefficient (Wildman–Crippen LogP) is 2.64. The normalized spacial score (nSPS) is 11.5. The van der Waals surface area contributed by atoms with E-state index in [1.165, 1.54) is 19.4 Å². The lowest BCUT2D eigenvalue weighted by atomic mass is 10.0. The van der Waals surface area contributed by atoms with Crippen LogP contribution in [0.1, 0.15) is 30.5 Å². The Kier molecular flexibility index (Phi) is 8.31. The molecule has 0 unspecified atom stereocenters. The third kappa shape index (κ3) is 6.70. The van der Waals surface area contributed by atoms with E-state index in [9.17, 15) is 24.8 Å². The van der Waals surface area contributed by atoms with Gasteiger partial charge in [0.2, 0.25) is 11.7 Å². The number of methoxy groups -OCH3 is 1. The first kappa shape index (κ1) is 23.1. The average molecular weight is 430 g/mol. The van der Waals surface area contributed by atoms with Gasteiger partial charge in [0.1, 0.15) is 0 Å². The van der Waals surface area contributed by atoms with Gasteiger partial charge in [-0.25, -0.2) is 10.2 Å². The van der Waals surface area contributed by atoms with Crippen molar-refractivity contribution >= 4 is 23.9 Å². The van der Waals surface area contributed by atoms with Crippen LogP contribution in [-0.4, -0.2) is 42.0 Å². The van der Waals surface area contributed by atoms with Crippen LogP contribution in [0.15, 0.2) is 47.6 Å². The highest BCUT2D eigenvalue weighted by Crippen LogP contribution is 2.36. The summed E-state index contributed by atoms with van der Waals surface area (Å²) in [4.78, 5) is 34.4. The summed E-state index contributed by atoms with van der Waals surface area (Å²) in [5.41, 5.74) is 2.67. The number of aromatic hydroxyl groups is 1. The highest BCUT2D eigenvalue weighted by atomic mass is 16.6. The number of hydrazone groups is 1. The highest BCUT2D eigenvalue weighted by molar-refractivity contribution is 5.85. The summed E-state index contributed by atoms with van der Waals surface area (Å²) < 4.78 is 9.78. The standard InChI is InChI=1S/C20H22N4O7/c1-3-31-20(27)22-15(14-7-5-4-6-8-14)11-18(25)23-21-12-13-9-16(24(28)29)19(26)17(10-13)30-2/h4-10,12,15,26H,3,11H2,1-2H3,(H,22,27)(H,23,25)/b21-12-/t15-/m1/s1. The van der Waals surface area contributed by atoms with E-state index in [1.54, 1.807) is 37.3 Å². The summed E-state index contributed by atoms with van der Waals surface area (Å²) in [5.74, 6) is -1.23. The van der Waals surface area contributed by atoms with Gasteiger partial charge < -0.3 is 19.9 Å². The molecule has 0 aliphatic heterocycles. The number of nitrogens with one attached hydrogen (secondary N) is 2. The van der Waals surface area contributed by atoms with Crippen molar-refractivity contribution in [3.05, 3.63) is 63.7 Å². The van der Waals surface area contributed by atoms with Crippen molar-refractivity contribution in [2.75, 3.05) is 13.7 Å². The van der Waals surface area contributed by atoms with Crippen molar-refractivity contribution in [1.29, 1.82) is 0 Å². The number of hydrogen-bond donors (Lipinski definition) is 3. The van der Waals surface area contributed by atoms with Crippen LogP contribution < -0.4 is 15.5 Å². The number of nitro groups is 1. The second-order valence-corrected chi connectivity index (χ2v) is 6.17. The Labute approximate surface area is 177 Å². The largest absolute Gasteiger partial charge is 0.500 e. The fraction of sp³-hybridized carbons (Fsp3) is 0.250. The molecule has 0 radical (unpaired) electrons. The van der Waals surface area contributed by atoms with E-state index in [0.29, 0.717) is 5.56 Å². The number of amides is 2. The van der Waals surface area contributed by atoms with E-state index in [4.69, 9.17) is 9.47 Å². The average Bonchev–Trinajstić information content (AvgIpc) is 2.74. The number of ether oxygens (including phenoxy) is 2. The molecule has 0 aromatic heterocycles. The number of phenolic OH excluding ortho intramolecular Hbond substituents is 1. The number of benzene rings is 2. The van der Waals surface area contributed by atoms with Crippen LogP contribution in [0, 0.1) is 10.1 Å². The van der Waals surface area contributed by atoms with Crippen LogP contribution in [-0.2, 0) is 9.53 Å². The zero-order chi connectivity index (χ0) is 22.8. The fourth-order valence-electron chi connectivity index (χ4n) is 2.65. The Hall–Kier alpha value is -4.15. The maximum absolute atomic E-state index is 12.3. The Morgan fingerprint density at radius 2 is 2.00 bits per heavy atom. The van der Waals surface area contributed by atoms with Gasteiger partial charge in [0.05, 0.1) is 37.3 Å². The molecule has 1 atom stereocenters. The first-order chi connectivity index (χ1) is 14.8. The van der Waals surface area contributed by atoms with Crippen LogP contribution in [0.3, 0.4) is 0 Å². The minimum Gasteiger partial charge on any atom is -0.500 e. The third-order valence-corrected chi connectivity index (χ3v) is 4.06. The Morgan fingerprint density at radius 3 is 2.61 bits per heavy atom. The van der Waals surface area contributed by atoms with Crippen molar-refractivity contribution < 1.29 is 29.1 Å². The number of phenols is 1. The van der Waals surface area contributed by atoms with E-state index < -0.39 is 34.4 Å². The third-order valence-electron chi connectivity index (χ3n) is 4.06. The lowest BCUT2D eigenvalue weighted by molar-refractivity contribution is -0.386. The molecular formula is C20H22N4O7. The summed E-state index contributed by atoms with van der Waals surface area (Å²) in [6.07, 6.45) is 0.388. The van der Waals surface area contributed by atoms with E-state index in [2.05, 4.69) is 15.8 Å². The molecule has 2 rings (SSSR count). The number of rotatable bonds is 9. The Balaban J connectivity index is 2.09. The zero-order valence-electron chi connectivity index (χ0n) is 16.9. The van der Waals surface area contributed by atoms with Crippen molar-refractivity contribution in [3.63, 3.8) is 0 Å². The van der Waals surface area contributed by atoms with Gasteiger partial charge >= 0.3 is 11.8 Å². The minimum absolute atomic E-state index is 0.107. The number of alkyl carbamates (subject to hydrolysis) is 1. The van der Waals surface area contributed by atoms with Gasteiger partial charge in [-0.3, -0.25) is 14.9 Å². The van der Waals surface area contributed by atoms with Crippen molar-refractivity contribution in [2.24, 2.45) is 5.10 Å². The second kappa shape index (κ2) is 11.1. The summed E-state index contributed by atoms with van der Waals surface area (Å²) in [5, 5.41) is 27.2. The van der Waals surface area contributed by atoms with E-state index in [1.807, 2.05) is 0 Å². The number of carbonyl (C=O) groups excluding carboxylic acids is 2. The molecule has 0 aliphatic carbocycles. The SMILES string of the molecule is CCOC(=O)N[C@H](CC(=O)N/N=C\c1cc(OC)c(O)c([N+](=O)[O-])c1)c1ccccc1. The summed E-state index contributed by atoms with van der Waals surface area (Å²) in [7, 11) is 1.25. The second-order valence-electron chi connectivity index (χ2n) is 6.17. The monoisotopic (exact) mass is 430 g/mol. The first-order valence-corrected chi connectivity index (χ1v) is 9.21. The van der Waals surface area contributed by atoms with Gasteiger partial charge in [-0.15, -0.1) is 0 Å².